The van der Waals surface area contributed by atoms with Crippen molar-refractivity contribution < 1.29 is 14.4 Å². The average molecular weight is 245 g/mol. The number of hydrogen-bond acceptors (Lipinski definition) is 5. The molecule has 0 bridgehead atoms. The summed E-state index contributed by atoms with van der Waals surface area (Å²) in [6, 6.07) is 5.27. The fraction of sp³-hybridized carbons (Fsp3) is 0.300. The molecule has 0 aliphatic rings. The average Bonchev–Trinajstić information content (AvgIpc) is 2.22. The minimum Gasteiger partial charge on any atom is -0.493 e. The first-order chi connectivity index (χ1) is 7.63. The molecule has 0 heterocycles. The summed E-state index contributed by atoms with van der Waals surface area (Å²) in [6.45, 7) is 2.10. The van der Waals surface area contributed by atoms with Gasteiger partial charge in [-0.25, -0.2) is 5.84 Å². The van der Waals surface area contributed by atoms with Gasteiger partial charge in [0.2, 0.25) is 0 Å². The second-order valence-corrected chi connectivity index (χ2v) is 3.54. The molecule has 1 aromatic rings. The number of ether oxygens (including phenoxy) is 1. The van der Waals surface area contributed by atoms with Crippen molar-refractivity contribution in [2.24, 2.45) is 5.84 Å². The Morgan fingerprint density at radius 1 is 1.56 bits per heavy atom. The zero-order chi connectivity index (χ0) is 12.0. The molecule has 0 unspecified atom stereocenters. The fourth-order valence-corrected chi connectivity index (χ4v) is 1.36. The van der Waals surface area contributed by atoms with Crippen LogP contribution >= 0.6 is 11.6 Å². The minimum atomic E-state index is -0.478. The molecule has 0 saturated heterocycles. The van der Waals surface area contributed by atoms with Gasteiger partial charge in [-0.05, 0) is 30.7 Å². The Morgan fingerprint density at radius 3 is 2.94 bits per heavy atom. The molecule has 0 atom stereocenters. The van der Waals surface area contributed by atoms with Crippen LogP contribution < -0.4 is 16.2 Å². The van der Waals surface area contributed by atoms with E-state index >= 15 is 0 Å². The SMILES string of the molecule is Cc1cc(Cl)ccc1OCCC(=O)ONN. The zero-order valence-corrected chi connectivity index (χ0v) is 9.58. The monoisotopic (exact) mass is 244 g/mol. The summed E-state index contributed by atoms with van der Waals surface area (Å²) < 4.78 is 5.38. The number of carbonyl (C=O) groups excluding carboxylic acids is 1. The Hall–Kier alpha value is -1.30. The third kappa shape index (κ3) is 4.06. The van der Waals surface area contributed by atoms with Crippen LogP contribution in [0.5, 0.6) is 5.75 Å². The topological polar surface area (TPSA) is 73.6 Å². The highest BCUT2D eigenvalue weighted by atomic mass is 35.5. The van der Waals surface area contributed by atoms with E-state index in [1.165, 1.54) is 0 Å². The van der Waals surface area contributed by atoms with Crippen molar-refractivity contribution >= 4 is 17.6 Å². The predicted molar refractivity (Wildman–Crippen MR) is 59.7 cm³/mol. The van der Waals surface area contributed by atoms with Crippen LogP contribution in [0.4, 0.5) is 0 Å². The van der Waals surface area contributed by atoms with E-state index < -0.39 is 5.97 Å². The van der Waals surface area contributed by atoms with Crippen molar-refractivity contribution in [2.45, 2.75) is 13.3 Å². The van der Waals surface area contributed by atoms with Gasteiger partial charge in [0.15, 0.2) is 0 Å². The van der Waals surface area contributed by atoms with E-state index in [-0.39, 0.29) is 13.0 Å². The number of halogens is 1. The standard InChI is InChI=1S/C10H13ClN2O3/c1-7-6-8(11)2-3-9(7)15-5-4-10(14)16-13-12/h2-3,6,13H,4-5,12H2,1H3. The molecule has 1 aromatic carbocycles. The third-order valence-corrected chi connectivity index (χ3v) is 2.11. The lowest BCUT2D eigenvalue weighted by Gasteiger charge is -2.08. The number of nitrogens with one attached hydrogen (secondary N) is 1. The molecule has 0 radical (unpaired) electrons. The van der Waals surface area contributed by atoms with E-state index in [1.54, 1.807) is 18.2 Å². The van der Waals surface area contributed by atoms with Crippen LogP contribution in [0.2, 0.25) is 5.02 Å². The second-order valence-electron chi connectivity index (χ2n) is 3.10. The minimum absolute atomic E-state index is 0.117. The number of hydrogen-bond donors (Lipinski definition) is 2. The maximum Gasteiger partial charge on any atom is 0.329 e. The molecule has 5 nitrogen and oxygen atoms in total. The quantitative estimate of drug-likeness (QED) is 0.604. The highest BCUT2D eigenvalue weighted by molar-refractivity contribution is 6.30. The molecule has 0 aliphatic carbocycles. The highest BCUT2D eigenvalue weighted by Gasteiger charge is 2.04. The van der Waals surface area contributed by atoms with Crippen molar-refractivity contribution in [3.8, 4) is 5.75 Å². The van der Waals surface area contributed by atoms with Gasteiger partial charge in [-0.15, -0.1) is 0 Å². The van der Waals surface area contributed by atoms with Gasteiger partial charge in [0.1, 0.15) is 5.75 Å². The molecule has 0 spiro atoms. The Kier molecular flexibility index (Phi) is 5.04. The molecule has 16 heavy (non-hydrogen) atoms. The number of carbonyl (C=O) groups is 1. The number of nitrogens with two attached hydrogens (primary N) is 1. The van der Waals surface area contributed by atoms with E-state index in [0.717, 1.165) is 5.56 Å². The van der Waals surface area contributed by atoms with Gasteiger partial charge in [-0.3, -0.25) is 4.79 Å². The first-order valence-corrected chi connectivity index (χ1v) is 5.05. The second kappa shape index (κ2) is 6.32. The molecule has 0 aromatic heterocycles. The smallest absolute Gasteiger partial charge is 0.329 e. The third-order valence-electron chi connectivity index (χ3n) is 1.87. The molecule has 1 rings (SSSR count). The Bertz CT molecular complexity index is 371. The molecule has 0 fully saturated rings. The molecule has 3 N–H and O–H groups in total. The lowest BCUT2D eigenvalue weighted by atomic mass is 10.2. The van der Waals surface area contributed by atoms with Gasteiger partial charge in [-0.1, -0.05) is 17.2 Å². The van der Waals surface area contributed by atoms with Crippen LogP contribution in [0.1, 0.15) is 12.0 Å². The summed E-state index contributed by atoms with van der Waals surface area (Å²) in [5, 5.41) is 0.650. The summed E-state index contributed by atoms with van der Waals surface area (Å²) in [4.78, 5) is 15.2. The molecule has 6 heteroatoms. The summed E-state index contributed by atoms with van der Waals surface area (Å²) >= 11 is 5.79. The lowest BCUT2D eigenvalue weighted by Crippen LogP contribution is -2.26. The van der Waals surface area contributed by atoms with Gasteiger partial charge in [0, 0.05) is 5.02 Å². The first-order valence-electron chi connectivity index (χ1n) is 4.67. The lowest BCUT2D eigenvalue weighted by molar-refractivity contribution is -0.151. The van der Waals surface area contributed by atoms with Crippen molar-refractivity contribution in [1.29, 1.82) is 0 Å². The largest absolute Gasteiger partial charge is 0.493 e. The van der Waals surface area contributed by atoms with Gasteiger partial charge in [-0.2, -0.15) is 0 Å². The molecular weight excluding hydrogens is 232 g/mol. The molecular formula is C10H13ClN2O3. The van der Waals surface area contributed by atoms with E-state index in [9.17, 15) is 4.79 Å². The number of rotatable bonds is 5. The number of hydrazine groups is 1. The van der Waals surface area contributed by atoms with Gasteiger partial charge in [0.05, 0.1) is 13.0 Å². The van der Waals surface area contributed by atoms with Crippen LogP contribution in [0, 0.1) is 6.92 Å². The number of benzene rings is 1. The summed E-state index contributed by atoms with van der Waals surface area (Å²) in [6.07, 6.45) is 0.117. The van der Waals surface area contributed by atoms with E-state index in [2.05, 4.69) is 4.84 Å². The normalized spacial score (nSPS) is 9.94. The maximum atomic E-state index is 10.9. The van der Waals surface area contributed by atoms with Crippen LogP contribution in [0.3, 0.4) is 0 Å². The van der Waals surface area contributed by atoms with Crippen LogP contribution in [-0.2, 0) is 9.63 Å². The summed E-state index contributed by atoms with van der Waals surface area (Å²) in [7, 11) is 0. The Labute approximate surface area is 98.4 Å². The van der Waals surface area contributed by atoms with Crippen LogP contribution in [-0.4, -0.2) is 12.6 Å². The summed E-state index contributed by atoms with van der Waals surface area (Å²) in [5.41, 5.74) is 2.73. The van der Waals surface area contributed by atoms with E-state index in [1.807, 2.05) is 12.5 Å². The highest BCUT2D eigenvalue weighted by Crippen LogP contribution is 2.21. The fourth-order valence-electron chi connectivity index (χ4n) is 1.14. The summed E-state index contributed by atoms with van der Waals surface area (Å²) in [5.74, 6) is 5.02. The van der Waals surface area contributed by atoms with Crippen molar-refractivity contribution in [3.05, 3.63) is 28.8 Å². The van der Waals surface area contributed by atoms with E-state index in [4.69, 9.17) is 22.2 Å². The first kappa shape index (κ1) is 12.8. The van der Waals surface area contributed by atoms with Crippen LogP contribution in [0.25, 0.3) is 0 Å². The molecule has 88 valence electrons. The molecule has 0 amide bonds. The van der Waals surface area contributed by atoms with Crippen LogP contribution in [0.15, 0.2) is 18.2 Å². The zero-order valence-electron chi connectivity index (χ0n) is 8.83. The maximum absolute atomic E-state index is 10.9. The molecule has 0 saturated carbocycles. The van der Waals surface area contributed by atoms with Gasteiger partial charge < -0.3 is 9.57 Å². The van der Waals surface area contributed by atoms with Gasteiger partial charge >= 0.3 is 5.97 Å². The predicted octanol–water partition coefficient (Wildman–Crippen LogP) is 1.34. The number of aryl methyl sites for hydroxylation is 1. The Balaban J connectivity index is 2.40. The van der Waals surface area contributed by atoms with Crippen molar-refractivity contribution in [3.63, 3.8) is 0 Å². The molecule has 0 aliphatic heterocycles. The van der Waals surface area contributed by atoms with Crippen molar-refractivity contribution in [1.82, 2.24) is 5.59 Å². The van der Waals surface area contributed by atoms with E-state index in [0.29, 0.717) is 10.8 Å². The van der Waals surface area contributed by atoms with Gasteiger partial charge in [0.25, 0.3) is 0 Å². The van der Waals surface area contributed by atoms with Crippen molar-refractivity contribution in [2.75, 3.05) is 6.61 Å². The Morgan fingerprint density at radius 2 is 2.31 bits per heavy atom.